The average molecular weight is 522 g/mol. The van der Waals surface area contributed by atoms with Crippen molar-refractivity contribution in [1.29, 1.82) is 0 Å². The zero-order valence-corrected chi connectivity index (χ0v) is 20.8. The van der Waals surface area contributed by atoms with Crippen LogP contribution in [0.1, 0.15) is 45.1 Å². The van der Waals surface area contributed by atoms with Crippen molar-refractivity contribution >= 4 is 35.6 Å². The number of carboxylic acids is 2. The zero-order valence-electron chi connectivity index (χ0n) is 20.8. The predicted octanol–water partition coefficient (Wildman–Crippen LogP) is -1.12. The van der Waals surface area contributed by atoms with Crippen molar-refractivity contribution in [3.63, 3.8) is 0 Å². The van der Waals surface area contributed by atoms with Crippen LogP contribution in [-0.2, 0) is 35.2 Å². The van der Waals surface area contributed by atoms with Crippen LogP contribution in [0.3, 0.4) is 0 Å². The van der Waals surface area contributed by atoms with Gasteiger partial charge in [0, 0.05) is 12.8 Å². The molecule has 0 saturated heterocycles. The predicted molar refractivity (Wildman–Crippen MR) is 132 cm³/mol. The number of rotatable bonds is 16. The third-order valence-electron chi connectivity index (χ3n) is 5.28. The first-order valence-electron chi connectivity index (χ1n) is 11.7. The molecule has 0 saturated carbocycles. The highest BCUT2D eigenvalue weighted by atomic mass is 16.4. The molecule has 0 bridgehead atoms. The summed E-state index contributed by atoms with van der Waals surface area (Å²) in [5.74, 6) is -6.04. The SMILES string of the molecule is CC(C)CC(N)C(=O)NC(CC(=O)O)C(=O)NC(Cc1ccccc1)C(=O)NC(CCC(N)=O)C(=O)O. The van der Waals surface area contributed by atoms with E-state index in [4.69, 9.17) is 11.5 Å². The minimum atomic E-state index is -1.54. The fraction of sp³-hybridized carbons (Fsp3) is 0.500. The maximum absolute atomic E-state index is 13.0. The van der Waals surface area contributed by atoms with Crippen molar-refractivity contribution < 1.29 is 39.0 Å². The molecule has 1 aromatic carbocycles. The highest BCUT2D eigenvalue weighted by Crippen LogP contribution is 2.08. The standard InChI is InChI=1S/C24H35N5O8/c1-13(2)10-15(25)21(33)28-18(12-20(31)32)23(35)29-17(11-14-6-4-3-5-7-14)22(34)27-16(24(36)37)8-9-19(26)30/h3-7,13,15-18H,8-12,25H2,1-2H3,(H2,26,30)(H,27,34)(H,28,33)(H,29,35)(H,31,32)(H,36,37). The Morgan fingerprint density at radius 1 is 0.838 bits per heavy atom. The number of nitrogens with two attached hydrogens (primary N) is 2. The van der Waals surface area contributed by atoms with Crippen LogP contribution in [0.15, 0.2) is 30.3 Å². The maximum atomic E-state index is 13.0. The molecule has 13 heteroatoms. The minimum Gasteiger partial charge on any atom is -0.481 e. The quantitative estimate of drug-likeness (QED) is 0.139. The number of carboxylic acid groups (broad SMARTS) is 2. The van der Waals surface area contributed by atoms with Gasteiger partial charge in [0.05, 0.1) is 12.5 Å². The van der Waals surface area contributed by atoms with Crippen LogP contribution in [-0.4, -0.2) is 69.9 Å². The molecule has 0 aliphatic carbocycles. The Kier molecular flexibility index (Phi) is 12.7. The van der Waals surface area contributed by atoms with E-state index in [9.17, 15) is 39.0 Å². The highest BCUT2D eigenvalue weighted by Gasteiger charge is 2.31. The van der Waals surface area contributed by atoms with Gasteiger partial charge in [-0.05, 0) is 24.3 Å². The highest BCUT2D eigenvalue weighted by molar-refractivity contribution is 5.95. The molecule has 1 aromatic rings. The van der Waals surface area contributed by atoms with E-state index in [2.05, 4.69) is 16.0 Å². The van der Waals surface area contributed by atoms with Crippen LogP contribution in [0, 0.1) is 5.92 Å². The molecule has 0 aliphatic rings. The van der Waals surface area contributed by atoms with E-state index < -0.39 is 66.2 Å². The Hall–Kier alpha value is -4.00. The number of nitrogens with one attached hydrogen (secondary N) is 3. The lowest BCUT2D eigenvalue weighted by Gasteiger charge is -2.25. The lowest BCUT2D eigenvalue weighted by molar-refractivity contribution is -0.143. The van der Waals surface area contributed by atoms with Gasteiger partial charge in [0.25, 0.3) is 0 Å². The second kappa shape index (κ2) is 15.2. The van der Waals surface area contributed by atoms with Crippen molar-refractivity contribution in [2.45, 2.75) is 70.1 Å². The fourth-order valence-electron chi connectivity index (χ4n) is 3.43. The van der Waals surface area contributed by atoms with E-state index >= 15 is 0 Å². The molecular weight excluding hydrogens is 486 g/mol. The molecule has 4 amide bonds. The number of aliphatic carboxylic acids is 2. The molecule has 37 heavy (non-hydrogen) atoms. The minimum absolute atomic E-state index is 0.0683. The third kappa shape index (κ3) is 12.0. The number of carbonyl (C=O) groups is 6. The molecule has 0 aromatic heterocycles. The molecule has 0 radical (unpaired) electrons. The van der Waals surface area contributed by atoms with Gasteiger partial charge in [0.2, 0.25) is 23.6 Å². The first kappa shape index (κ1) is 31.0. The number of carbonyl (C=O) groups excluding carboxylic acids is 4. The molecule has 0 heterocycles. The summed E-state index contributed by atoms with van der Waals surface area (Å²) in [5, 5.41) is 25.7. The molecule has 4 atom stereocenters. The number of primary amides is 1. The van der Waals surface area contributed by atoms with E-state index in [1.807, 2.05) is 13.8 Å². The topological polar surface area (TPSA) is 231 Å². The van der Waals surface area contributed by atoms with Crippen LogP contribution in [0.2, 0.25) is 0 Å². The zero-order chi connectivity index (χ0) is 28.1. The summed E-state index contributed by atoms with van der Waals surface area (Å²) in [6.07, 6.45) is -1.11. The van der Waals surface area contributed by atoms with Gasteiger partial charge < -0.3 is 37.6 Å². The summed E-state index contributed by atoms with van der Waals surface area (Å²) < 4.78 is 0. The molecule has 0 spiro atoms. The summed E-state index contributed by atoms with van der Waals surface area (Å²) in [6.45, 7) is 3.68. The second-order valence-corrected chi connectivity index (χ2v) is 9.05. The summed E-state index contributed by atoms with van der Waals surface area (Å²) in [7, 11) is 0. The largest absolute Gasteiger partial charge is 0.481 e. The van der Waals surface area contributed by atoms with Gasteiger partial charge in [-0.3, -0.25) is 24.0 Å². The molecule has 1 rings (SSSR count). The van der Waals surface area contributed by atoms with Gasteiger partial charge in [-0.1, -0.05) is 44.2 Å². The number of amides is 4. The Labute approximate surface area is 214 Å². The van der Waals surface area contributed by atoms with Crippen molar-refractivity contribution in [2.75, 3.05) is 0 Å². The maximum Gasteiger partial charge on any atom is 0.326 e. The molecule has 13 nitrogen and oxygen atoms in total. The van der Waals surface area contributed by atoms with Crippen LogP contribution < -0.4 is 27.4 Å². The molecule has 204 valence electrons. The van der Waals surface area contributed by atoms with E-state index in [0.717, 1.165) is 0 Å². The van der Waals surface area contributed by atoms with Crippen LogP contribution in [0.4, 0.5) is 0 Å². The molecular formula is C24H35N5O8. The van der Waals surface area contributed by atoms with Crippen molar-refractivity contribution in [3.05, 3.63) is 35.9 Å². The summed E-state index contributed by atoms with van der Waals surface area (Å²) in [4.78, 5) is 72.4. The Bertz CT molecular complexity index is 969. The third-order valence-corrected chi connectivity index (χ3v) is 5.28. The van der Waals surface area contributed by atoms with Crippen LogP contribution >= 0.6 is 0 Å². The number of hydrogen-bond acceptors (Lipinski definition) is 7. The van der Waals surface area contributed by atoms with Gasteiger partial charge in [-0.25, -0.2) is 4.79 Å². The van der Waals surface area contributed by atoms with Crippen molar-refractivity contribution in [1.82, 2.24) is 16.0 Å². The van der Waals surface area contributed by atoms with Crippen molar-refractivity contribution in [3.8, 4) is 0 Å². The second-order valence-electron chi connectivity index (χ2n) is 9.05. The molecule has 0 aliphatic heterocycles. The van der Waals surface area contributed by atoms with E-state index in [1.165, 1.54) is 0 Å². The molecule has 0 fully saturated rings. The van der Waals surface area contributed by atoms with Gasteiger partial charge >= 0.3 is 11.9 Å². The van der Waals surface area contributed by atoms with E-state index in [1.54, 1.807) is 30.3 Å². The first-order valence-corrected chi connectivity index (χ1v) is 11.7. The first-order chi connectivity index (χ1) is 17.3. The Morgan fingerprint density at radius 2 is 1.38 bits per heavy atom. The number of benzene rings is 1. The number of hydrogen-bond donors (Lipinski definition) is 7. The van der Waals surface area contributed by atoms with Crippen LogP contribution in [0.25, 0.3) is 0 Å². The summed E-state index contributed by atoms with van der Waals surface area (Å²) >= 11 is 0. The Balaban J connectivity index is 3.12. The summed E-state index contributed by atoms with van der Waals surface area (Å²) in [5.41, 5.74) is 11.5. The molecule has 9 N–H and O–H groups in total. The van der Waals surface area contributed by atoms with Gasteiger partial charge in [-0.15, -0.1) is 0 Å². The van der Waals surface area contributed by atoms with Gasteiger partial charge in [-0.2, -0.15) is 0 Å². The summed E-state index contributed by atoms with van der Waals surface area (Å²) in [6, 6.07) is 3.17. The van der Waals surface area contributed by atoms with Gasteiger partial charge in [0.1, 0.15) is 18.1 Å². The van der Waals surface area contributed by atoms with E-state index in [0.29, 0.717) is 12.0 Å². The van der Waals surface area contributed by atoms with E-state index in [-0.39, 0.29) is 25.2 Å². The monoisotopic (exact) mass is 521 g/mol. The van der Waals surface area contributed by atoms with Gasteiger partial charge in [0.15, 0.2) is 0 Å². The van der Waals surface area contributed by atoms with Crippen molar-refractivity contribution in [2.24, 2.45) is 17.4 Å². The lowest BCUT2D eigenvalue weighted by atomic mass is 10.0. The fourth-order valence-corrected chi connectivity index (χ4v) is 3.43. The average Bonchev–Trinajstić information content (AvgIpc) is 2.80. The normalized spacial score (nSPS) is 14.1. The smallest absolute Gasteiger partial charge is 0.326 e. The molecule has 4 unspecified atom stereocenters. The lowest BCUT2D eigenvalue weighted by Crippen LogP contribution is -2.58. The van der Waals surface area contributed by atoms with Crippen LogP contribution in [0.5, 0.6) is 0 Å². The Morgan fingerprint density at radius 3 is 1.89 bits per heavy atom.